The summed E-state index contributed by atoms with van der Waals surface area (Å²) in [7, 11) is 1.64. The van der Waals surface area contributed by atoms with Gasteiger partial charge in [-0.05, 0) is 49.9 Å². The van der Waals surface area contributed by atoms with Gasteiger partial charge in [-0.25, -0.2) is 4.98 Å². The fraction of sp³-hybridized carbons (Fsp3) is 0.452. The zero-order chi connectivity index (χ0) is 28.1. The monoisotopic (exact) mass is 533 g/mol. The number of allylic oxidation sites excluding steroid dienone is 3. The third kappa shape index (κ3) is 7.62. The van der Waals surface area contributed by atoms with Gasteiger partial charge in [0, 0.05) is 36.5 Å². The summed E-state index contributed by atoms with van der Waals surface area (Å²) < 4.78 is 10.8. The Hall–Kier alpha value is -3.81. The normalized spacial score (nSPS) is 16.3. The zero-order valence-electron chi connectivity index (χ0n) is 23.9. The summed E-state index contributed by atoms with van der Waals surface area (Å²) in [5.41, 5.74) is 1.83. The standard InChI is InChI=1S/C29H37N5O3.C2H6/c1-4-5-7-10-22-18-30-19-23(22)17-28(2,34-27-31-15-16-37-27)26(35)33-21-29(13-8-6-9-14-29)25-12-11-24(36-3)20-32-25;1-2/h4-5,7,10-12,15-16,18-20,30H,6,8-9,13-14,17,21H2,1-3H3,(H,31,34)(H,33,35);1-2H3/b5-4-,10-7-;/t28-;/m0./s1. The Labute approximate surface area is 232 Å². The first-order chi connectivity index (χ1) is 19.0. The van der Waals surface area contributed by atoms with Crippen molar-refractivity contribution in [2.45, 2.75) is 77.2 Å². The molecule has 1 saturated carbocycles. The van der Waals surface area contributed by atoms with Crippen molar-refractivity contribution in [3.63, 3.8) is 0 Å². The number of anilines is 1. The lowest BCUT2D eigenvalue weighted by Gasteiger charge is -2.38. The molecular weight excluding hydrogens is 490 g/mol. The average molecular weight is 534 g/mol. The number of aromatic amines is 1. The van der Waals surface area contributed by atoms with Crippen LogP contribution >= 0.6 is 0 Å². The van der Waals surface area contributed by atoms with Gasteiger partial charge in [-0.1, -0.05) is 57.4 Å². The van der Waals surface area contributed by atoms with Crippen LogP contribution < -0.4 is 15.4 Å². The van der Waals surface area contributed by atoms with Gasteiger partial charge in [-0.15, -0.1) is 0 Å². The summed E-state index contributed by atoms with van der Waals surface area (Å²) in [6.45, 7) is 8.37. The van der Waals surface area contributed by atoms with Crippen LogP contribution in [0.1, 0.15) is 76.6 Å². The molecule has 8 nitrogen and oxygen atoms in total. The SMILES string of the molecule is C/C=C\C=C/c1c[nH]cc1C[C@](C)(Nc1ncco1)C(=O)NCC1(c2ccc(OC)cn2)CCCCC1.CC. The van der Waals surface area contributed by atoms with Crippen LogP contribution in [0.3, 0.4) is 0 Å². The van der Waals surface area contributed by atoms with Gasteiger partial charge in [0.05, 0.1) is 19.5 Å². The Morgan fingerprint density at radius 2 is 1.97 bits per heavy atom. The van der Waals surface area contributed by atoms with Crippen LogP contribution in [0, 0.1) is 0 Å². The molecule has 1 amide bonds. The smallest absolute Gasteiger partial charge is 0.295 e. The molecule has 1 aliphatic rings. The Kier molecular flexibility index (Phi) is 11.0. The highest BCUT2D eigenvalue weighted by Crippen LogP contribution is 2.38. The van der Waals surface area contributed by atoms with Gasteiger partial charge in [-0.2, -0.15) is 0 Å². The summed E-state index contributed by atoms with van der Waals surface area (Å²) in [6.07, 6.45) is 22.5. The molecule has 1 atom stereocenters. The molecule has 1 aliphatic carbocycles. The van der Waals surface area contributed by atoms with Crippen molar-refractivity contribution in [3.8, 4) is 5.75 Å². The molecule has 1 fully saturated rings. The topological polar surface area (TPSA) is 105 Å². The number of aromatic nitrogens is 3. The number of pyridine rings is 1. The minimum absolute atomic E-state index is 0.117. The van der Waals surface area contributed by atoms with Gasteiger partial charge in [-0.3, -0.25) is 9.78 Å². The van der Waals surface area contributed by atoms with Gasteiger partial charge in [0.1, 0.15) is 17.6 Å². The fourth-order valence-corrected chi connectivity index (χ4v) is 5.08. The quantitative estimate of drug-likeness (QED) is 0.245. The third-order valence-electron chi connectivity index (χ3n) is 7.22. The number of rotatable bonds is 11. The van der Waals surface area contributed by atoms with Crippen molar-refractivity contribution >= 4 is 18.0 Å². The highest BCUT2D eigenvalue weighted by molar-refractivity contribution is 5.89. The highest BCUT2D eigenvalue weighted by Gasteiger charge is 2.40. The minimum atomic E-state index is -1.00. The number of nitrogens with one attached hydrogen (secondary N) is 3. The Morgan fingerprint density at radius 3 is 2.62 bits per heavy atom. The molecule has 39 heavy (non-hydrogen) atoms. The summed E-state index contributed by atoms with van der Waals surface area (Å²) in [6, 6.07) is 4.29. The first-order valence-electron chi connectivity index (χ1n) is 13.9. The lowest BCUT2D eigenvalue weighted by molar-refractivity contribution is -0.125. The largest absolute Gasteiger partial charge is 0.495 e. The van der Waals surface area contributed by atoms with E-state index in [1.54, 1.807) is 19.5 Å². The van der Waals surface area contributed by atoms with E-state index in [0.717, 1.165) is 48.3 Å². The summed E-state index contributed by atoms with van der Waals surface area (Å²) in [5, 5.41) is 6.53. The Balaban J connectivity index is 0.00000205. The Bertz CT molecular complexity index is 1190. The molecule has 3 aromatic rings. The van der Waals surface area contributed by atoms with Gasteiger partial charge in [0.15, 0.2) is 0 Å². The summed E-state index contributed by atoms with van der Waals surface area (Å²) in [4.78, 5) is 26.0. The van der Waals surface area contributed by atoms with E-state index >= 15 is 0 Å². The van der Waals surface area contributed by atoms with Crippen molar-refractivity contribution < 1.29 is 13.9 Å². The van der Waals surface area contributed by atoms with Crippen molar-refractivity contribution in [1.82, 2.24) is 20.3 Å². The number of hydrogen-bond acceptors (Lipinski definition) is 6. The molecule has 0 aliphatic heterocycles. The Morgan fingerprint density at radius 1 is 1.18 bits per heavy atom. The molecule has 0 spiro atoms. The van der Waals surface area contributed by atoms with Crippen LogP contribution in [-0.2, 0) is 16.6 Å². The first kappa shape index (κ1) is 29.7. The number of hydrogen-bond donors (Lipinski definition) is 3. The number of carbonyl (C=O) groups is 1. The molecule has 0 radical (unpaired) electrons. The maximum atomic E-state index is 13.9. The maximum Gasteiger partial charge on any atom is 0.295 e. The van der Waals surface area contributed by atoms with E-state index in [2.05, 4.69) is 20.6 Å². The molecule has 210 valence electrons. The van der Waals surface area contributed by atoms with Gasteiger partial charge >= 0.3 is 0 Å². The molecule has 3 N–H and O–H groups in total. The van der Waals surface area contributed by atoms with Gasteiger partial charge < -0.3 is 24.8 Å². The number of H-pyrrole nitrogens is 1. The molecule has 0 bridgehead atoms. The molecule has 0 saturated heterocycles. The zero-order valence-corrected chi connectivity index (χ0v) is 23.9. The number of methoxy groups -OCH3 is 1. The molecule has 8 heteroatoms. The van der Waals surface area contributed by atoms with E-state index in [0.29, 0.717) is 19.0 Å². The van der Waals surface area contributed by atoms with Crippen molar-refractivity contribution in [2.24, 2.45) is 0 Å². The van der Waals surface area contributed by atoms with Crippen LogP contribution in [0.25, 0.3) is 6.08 Å². The molecular formula is C31H43N5O3. The molecule has 0 aromatic carbocycles. The lowest BCUT2D eigenvalue weighted by Crippen LogP contribution is -2.55. The van der Waals surface area contributed by atoms with E-state index in [-0.39, 0.29) is 11.3 Å². The van der Waals surface area contributed by atoms with Crippen LogP contribution in [0.15, 0.2) is 65.8 Å². The van der Waals surface area contributed by atoms with Crippen molar-refractivity contribution in [2.75, 3.05) is 19.0 Å². The van der Waals surface area contributed by atoms with Crippen LogP contribution in [0.4, 0.5) is 6.01 Å². The lowest BCUT2D eigenvalue weighted by atomic mass is 9.71. The predicted octanol–water partition coefficient (Wildman–Crippen LogP) is 6.45. The maximum absolute atomic E-state index is 13.9. The van der Waals surface area contributed by atoms with E-state index in [1.165, 1.54) is 12.7 Å². The molecule has 3 heterocycles. The second kappa shape index (κ2) is 14.4. The fourth-order valence-electron chi connectivity index (χ4n) is 5.08. The number of oxazole rings is 1. The number of nitrogens with zero attached hydrogens (tertiary/aromatic N) is 2. The van der Waals surface area contributed by atoms with Gasteiger partial charge in [0.2, 0.25) is 5.91 Å². The van der Waals surface area contributed by atoms with Crippen LogP contribution in [0.2, 0.25) is 0 Å². The predicted molar refractivity (Wildman–Crippen MR) is 157 cm³/mol. The average Bonchev–Trinajstić information content (AvgIpc) is 3.65. The second-order valence-electron chi connectivity index (χ2n) is 9.90. The second-order valence-corrected chi connectivity index (χ2v) is 9.90. The number of ether oxygens (including phenoxy) is 1. The van der Waals surface area contributed by atoms with E-state index in [1.807, 2.05) is 76.5 Å². The van der Waals surface area contributed by atoms with Crippen molar-refractivity contribution in [1.29, 1.82) is 0 Å². The summed E-state index contributed by atoms with van der Waals surface area (Å²) in [5.74, 6) is 0.612. The number of amides is 1. The van der Waals surface area contributed by atoms with Gasteiger partial charge in [0.25, 0.3) is 6.01 Å². The van der Waals surface area contributed by atoms with Crippen LogP contribution in [-0.4, -0.2) is 40.1 Å². The minimum Gasteiger partial charge on any atom is -0.495 e. The first-order valence-corrected chi connectivity index (χ1v) is 13.9. The molecule has 3 aromatic heterocycles. The third-order valence-corrected chi connectivity index (χ3v) is 7.22. The van der Waals surface area contributed by atoms with E-state index < -0.39 is 5.54 Å². The summed E-state index contributed by atoms with van der Waals surface area (Å²) >= 11 is 0. The molecule has 0 unspecified atom stereocenters. The van der Waals surface area contributed by atoms with E-state index in [9.17, 15) is 4.79 Å². The van der Waals surface area contributed by atoms with Crippen molar-refractivity contribution in [3.05, 3.63) is 78.2 Å². The highest BCUT2D eigenvalue weighted by atomic mass is 16.5. The number of carbonyl (C=O) groups excluding carboxylic acids is 1. The van der Waals surface area contributed by atoms with Crippen LogP contribution in [0.5, 0.6) is 5.75 Å². The molecule has 4 rings (SSSR count). The van der Waals surface area contributed by atoms with E-state index in [4.69, 9.17) is 14.1 Å².